The summed E-state index contributed by atoms with van der Waals surface area (Å²) in [5.41, 5.74) is 1.00. The zero-order valence-electron chi connectivity index (χ0n) is 12.6. The fourth-order valence-corrected chi connectivity index (χ4v) is 2.51. The van der Waals surface area contributed by atoms with Crippen LogP contribution in [0.25, 0.3) is 5.78 Å². The van der Waals surface area contributed by atoms with Crippen LogP contribution >= 0.6 is 11.6 Å². The van der Waals surface area contributed by atoms with E-state index >= 15 is 0 Å². The van der Waals surface area contributed by atoms with Crippen LogP contribution in [0.15, 0.2) is 6.33 Å². The monoisotopic (exact) mass is 296 g/mol. The second kappa shape index (κ2) is 5.54. The quantitative estimate of drug-likeness (QED) is 0.856. The SMILES string of the molecule is Cc1c(Cl)nc2ncnn2c1NCC(C)(C)CN(C)C. The normalized spacial score (nSPS) is 12.3. The Morgan fingerprint density at radius 1 is 1.40 bits per heavy atom. The number of nitrogens with zero attached hydrogens (tertiary/aromatic N) is 5. The predicted molar refractivity (Wildman–Crippen MR) is 81.4 cm³/mol. The van der Waals surface area contributed by atoms with Gasteiger partial charge in [-0.1, -0.05) is 25.4 Å². The van der Waals surface area contributed by atoms with Crippen LogP contribution in [0.5, 0.6) is 0 Å². The number of anilines is 1. The van der Waals surface area contributed by atoms with Gasteiger partial charge in [0.1, 0.15) is 17.3 Å². The molecule has 0 aliphatic heterocycles. The Labute approximate surface area is 124 Å². The fraction of sp³-hybridized carbons (Fsp3) is 0.615. The highest BCUT2D eigenvalue weighted by Crippen LogP contribution is 2.24. The number of aromatic nitrogens is 4. The third kappa shape index (κ3) is 3.19. The van der Waals surface area contributed by atoms with Crippen molar-refractivity contribution in [3.8, 4) is 0 Å². The Bertz CT molecular complexity index is 604. The minimum absolute atomic E-state index is 0.124. The molecule has 0 unspecified atom stereocenters. The summed E-state index contributed by atoms with van der Waals surface area (Å²) in [6, 6.07) is 0. The van der Waals surface area contributed by atoms with E-state index in [0.29, 0.717) is 10.9 Å². The molecule has 0 aliphatic carbocycles. The number of rotatable bonds is 5. The summed E-state index contributed by atoms with van der Waals surface area (Å²) in [5, 5.41) is 8.09. The van der Waals surface area contributed by atoms with Crippen molar-refractivity contribution < 1.29 is 0 Å². The van der Waals surface area contributed by atoms with Gasteiger partial charge in [0.2, 0.25) is 0 Å². The lowest BCUT2D eigenvalue weighted by Crippen LogP contribution is -2.34. The summed E-state index contributed by atoms with van der Waals surface area (Å²) >= 11 is 6.14. The Morgan fingerprint density at radius 2 is 2.10 bits per heavy atom. The molecule has 0 fully saturated rings. The molecule has 0 aromatic carbocycles. The molecule has 0 aliphatic rings. The van der Waals surface area contributed by atoms with E-state index in [1.54, 1.807) is 4.52 Å². The van der Waals surface area contributed by atoms with Gasteiger partial charge < -0.3 is 10.2 Å². The van der Waals surface area contributed by atoms with Crippen LogP contribution in [0, 0.1) is 12.3 Å². The smallest absolute Gasteiger partial charge is 0.255 e. The highest BCUT2D eigenvalue weighted by molar-refractivity contribution is 6.30. The number of fused-ring (bicyclic) bond motifs is 1. The van der Waals surface area contributed by atoms with Crippen LogP contribution in [0.2, 0.25) is 5.15 Å². The van der Waals surface area contributed by atoms with Crippen LogP contribution in [-0.4, -0.2) is 51.7 Å². The maximum Gasteiger partial charge on any atom is 0.255 e. The van der Waals surface area contributed by atoms with Crippen LogP contribution in [0.3, 0.4) is 0 Å². The first kappa shape index (κ1) is 15.0. The molecule has 2 heterocycles. The standard InChI is InChI=1S/C13H21ClN6/c1-9-10(14)18-12-16-8-17-20(12)11(9)15-6-13(2,3)7-19(4)5/h8,15H,6-7H2,1-5H3. The van der Waals surface area contributed by atoms with Gasteiger partial charge in [0, 0.05) is 18.7 Å². The lowest BCUT2D eigenvalue weighted by atomic mass is 9.93. The van der Waals surface area contributed by atoms with E-state index in [1.807, 2.05) is 6.92 Å². The number of nitrogens with one attached hydrogen (secondary N) is 1. The van der Waals surface area contributed by atoms with E-state index in [2.05, 4.69) is 53.2 Å². The molecule has 110 valence electrons. The molecule has 0 atom stereocenters. The van der Waals surface area contributed by atoms with Gasteiger partial charge in [0.05, 0.1) is 0 Å². The van der Waals surface area contributed by atoms with Gasteiger partial charge in [-0.2, -0.15) is 19.6 Å². The van der Waals surface area contributed by atoms with Crippen molar-refractivity contribution in [3.63, 3.8) is 0 Å². The largest absolute Gasteiger partial charge is 0.369 e. The number of halogens is 1. The highest BCUT2D eigenvalue weighted by Gasteiger charge is 2.20. The molecule has 0 saturated heterocycles. The molecule has 0 radical (unpaired) electrons. The molecule has 7 heteroatoms. The first-order valence-corrected chi connectivity index (χ1v) is 6.92. The first-order valence-electron chi connectivity index (χ1n) is 6.54. The second-order valence-corrected chi connectivity index (χ2v) is 6.46. The number of hydrogen-bond acceptors (Lipinski definition) is 5. The Morgan fingerprint density at radius 3 is 2.75 bits per heavy atom. The molecule has 0 bridgehead atoms. The average Bonchev–Trinajstić information content (AvgIpc) is 2.75. The summed E-state index contributed by atoms with van der Waals surface area (Å²) in [7, 11) is 4.15. The summed E-state index contributed by atoms with van der Waals surface area (Å²) in [4.78, 5) is 10.5. The zero-order chi connectivity index (χ0) is 14.9. The molecule has 2 aromatic rings. The van der Waals surface area contributed by atoms with Crippen molar-refractivity contribution >= 4 is 23.2 Å². The molecule has 0 saturated carbocycles. The van der Waals surface area contributed by atoms with E-state index in [9.17, 15) is 0 Å². The van der Waals surface area contributed by atoms with E-state index < -0.39 is 0 Å². The van der Waals surface area contributed by atoms with Gasteiger partial charge in [-0.25, -0.2) is 0 Å². The van der Waals surface area contributed by atoms with E-state index in [1.165, 1.54) is 6.33 Å². The molecule has 0 amide bonds. The maximum absolute atomic E-state index is 6.14. The van der Waals surface area contributed by atoms with Crippen LogP contribution in [0.4, 0.5) is 5.82 Å². The topological polar surface area (TPSA) is 58.4 Å². The Balaban J connectivity index is 2.25. The lowest BCUT2D eigenvalue weighted by molar-refractivity contribution is 0.254. The number of hydrogen-bond donors (Lipinski definition) is 1. The summed E-state index contributed by atoms with van der Waals surface area (Å²) < 4.78 is 1.69. The highest BCUT2D eigenvalue weighted by atomic mass is 35.5. The van der Waals surface area contributed by atoms with Crippen molar-refractivity contribution in [2.45, 2.75) is 20.8 Å². The van der Waals surface area contributed by atoms with Crippen LogP contribution in [-0.2, 0) is 0 Å². The van der Waals surface area contributed by atoms with Gasteiger partial charge in [-0.15, -0.1) is 0 Å². The minimum atomic E-state index is 0.124. The fourth-order valence-electron chi connectivity index (χ4n) is 2.34. The third-order valence-electron chi connectivity index (χ3n) is 3.08. The second-order valence-electron chi connectivity index (χ2n) is 6.10. The summed E-state index contributed by atoms with van der Waals surface area (Å²) in [6.07, 6.45) is 1.48. The minimum Gasteiger partial charge on any atom is -0.369 e. The molecule has 1 N–H and O–H groups in total. The van der Waals surface area contributed by atoms with Gasteiger partial charge >= 0.3 is 0 Å². The van der Waals surface area contributed by atoms with Crippen LogP contribution < -0.4 is 5.32 Å². The maximum atomic E-state index is 6.14. The molecule has 2 rings (SSSR count). The van der Waals surface area contributed by atoms with Crippen molar-refractivity contribution in [2.75, 3.05) is 32.5 Å². The Hall–Kier alpha value is -1.40. The summed E-state index contributed by atoms with van der Waals surface area (Å²) in [6.45, 7) is 8.16. The Kier molecular flexibility index (Phi) is 4.15. The van der Waals surface area contributed by atoms with Gasteiger partial charge in [0.15, 0.2) is 0 Å². The molecular formula is C13H21ClN6. The van der Waals surface area contributed by atoms with Gasteiger partial charge in [-0.05, 0) is 26.4 Å². The van der Waals surface area contributed by atoms with E-state index in [-0.39, 0.29) is 5.41 Å². The van der Waals surface area contributed by atoms with Crippen molar-refractivity contribution in [1.82, 2.24) is 24.5 Å². The summed E-state index contributed by atoms with van der Waals surface area (Å²) in [5.74, 6) is 1.36. The molecule has 2 aromatic heterocycles. The zero-order valence-corrected chi connectivity index (χ0v) is 13.4. The van der Waals surface area contributed by atoms with Crippen molar-refractivity contribution in [3.05, 3.63) is 17.0 Å². The third-order valence-corrected chi connectivity index (χ3v) is 3.45. The van der Waals surface area contributed by atoms with Crippen molar-refractivity contribution in [1.29, 1.82) is 0 Å². The van der Waals surface area contributed by atoms with E-state index in [4.69, 9.17) is 11.6 Å². The molecule has 20 heavy (non-hydrogen) atoms. The molecule has 0 spiro atoms. The lowest BCUT2D eigenvalue weighted by Gasteiger charge is -2.29. The van der Waals surface area contributed by atoms with Gasteiger partial charge in [-0.3, -0.25) is 0 Å². The van der Waals surface area contributed by atoms with E-state index in [0.717, 1.165) is 24.5 Å². The van der Waals surface area contributed by atoms with Gasteiger partial charge in [0.25, 0.3) is 5.78 Å². The first-order chi connectivity index (χ1) is 9.30. The average molecular weight is 297 g/mol. The van der Waals surface area contributed by atoms with Crippen LogP contribution in [0.1, 0.15) is 19.4 Å². The molecular weight excluding hydrogens is 276 g/mol. The molecule has 6 nitrogen and oxygen atoms in total. The predicted octanol–water partition coefficient (Wildman–Crippen LogP) is 2.09. The van der Waals surface area contributed by atoms with Crippen molar-refractivity contribution in [2.24, 2.45) is 5.41 Å².